The number of hydrogen-bond donors (Lipinski definition) is 1. The van der Waals surface area contributed by atoms with Crippen molar-refractivity contribution >= 4 is 29.9 Å². The van der Waals surface area contributed by atoms with E-state index in [1.807, 2.05) is 14.1 Å². The highest BCUT2D eigenvalue weighted by atomic mass is 127. The van der Waals surface area contributed by atoms with Crippen molar-refractivity contribution in [2.45, 2.75) is 45.6 Å². The largest absolute Gasteiger partial charge is 0.354 e. The molecule has 0 aromatic carbocycles. The summed E-state index contributed by atoms with van der Waals surface area (Å²) < 4.78 is 0. The Labute approximate surface area is 117 Å². The van der Waals surface area contributed by atoms with Gasteiger partial charge in [0.2, 0.25) is 0 Å². The van der Waals surface area contributed by atoms with Crippen molar-refractivity contribution in [2.75, 3.05) is 20.6 Å². The molecule has 1 aliphatic rings. The van der Waals surface area contributed by atoms with E-state index in [2.05, 4.69) is 29.1 Å². The van der Waals surface area contributed by atoms with Crippen molar-refractivity contribution in [2.24, 2.45) is 10.9 Å². The van der Waals surface area contributed by atoms with Crippen molar-refractivity contribution < 1.29 is 0 Å². The van der Waals surface area contributed by atoms with Crippen LogP contribution >= 0.6 is 24.0 Å². The molecule has 0 amide bonds. The Morgan fingerprint density at radius 2 is 1.81 bits per heavy atom. The third kappa shape index (κ3) is 5.37. The van der Waals surface area contributed by atoms with E-state index in [1.165, 1.54) is 25.7 Å². The number of aliphatic imine (C=N–C) groups is 1. The summed E-state index contributed by atoms with van der Waals surface area (Å²) in [5.74, 6) is 1.95. The van der Waals surface area contributed by atoms with Crippen LogP contribution < -0.4 is 5.32 Å². The molecule has 0 heterocycles. The Kier molecular flexibility index (Phi) is 8.14. The highest BCUT2D eigenvalue weighted by molar-refractivity contribution is 14.0. The van der Waals surface area contributed by atoms with Crippen LogP contribution in [0.15, 0.2) is 4.99 Å². The minimum atomic E-state index is 0. The molecule has 0 spiro atoms. The van der Waals surface area contributed by atoms with E-state index in [0.717, 1.165) is 18.4 Å². The summed E-state index contributed by atoms with van der Waals surface area (Å²) in [5.41, 5.74) is 0. The third-order valence-corrected chi connectivity index (χ3v) is 3.08. The molecule has 0 aromatic rings. The average molecular weight is 339 g/mol. The van der Waals surface area contributed by atoms with E-state index in [0.29, 0.717) is 6.04 Å². The van der Waals surface area contributed by atoms with Gasteiger partial charge in [0.1, 0.15) is 0 Å². The first-order valence-electron chi connectivity index (χ1n) is 6.11. The van der Waals surface area contributed by atoms with Gasteiger partial charge in [-0.25, -0.2) is 0 Å². The van der Waals surface area contributed by atoms with Gasteiger partial charge in [0.25, 0.3) is 0 Å². The van der Waals surface area contributed by atoms with Crippen molar-refractivity contribution in [3.63, 3.8) is 0 Å². The van der Waals surface area contributed by atoms with Crippen molar-refractivity contribution in [3.8, 4) is 0 Å². The third-order valence-electron chi connectivity index (χ3n) is 3.08. The lowest BCUT2D eigenvalue weighted by Gasteiger charge is -2.30. The van der Waals surface area contributed by atoms with Crippen LogP contribution in [0, 0.1) is 5.92 Å². The molecule has 3 nitrogen and oxygen atoms in total. The molecule has 0 unspecified atom stereocenters. The van der Waals surface area contributed by atoms with Crippen LogP contribution in [-0.2, 0) is 0 Å². The van der Waals surface area contributed by atoms with Crippen LogP contribution in [0.2, 0.25) is 0 Å². The first-order chi connectivity index (χ1) is 7.13. The van der Waals surface area contributed by atoms with E-state index >= 15 is 0 Å². The first-order valence-corrected chi connectivity index (χ1v) is 6.11. The van der Waals surface area contributed by atoms with E-state index in [1.54, 1.807) is 0 Å². The van der Waals surface area contributed by atoms with Crippen LogP contribution in [0.5, 0.6) is 0 Å². The number of halogens is 1. The van der Waals surface area contributed by atoms with Gasteiger partial charge in [0.15, 0.2) is 5.96 Å². The molecule has 0 aliphatic heterocycles. The van der Waals surface area contributed by atoms with Gasteiger partial charge in [-0.05, 0) is 38.5 Å². The Bertz CT molecular complexity index is 208. The highest BCUT2D eigenvalue weighted by Gasteiger charge is 2.19. The lowest BCUT2D eigenvalue weighted by Crippen LogP contribution is -2.44. The molecule has 0 bridgehead atoms. The molecule has 1 saturated carbocycles. The molecule has 0 aromatic heterocycles. The van der Waals surface area contributed by atoms with Crippen LogP contribution in [0.25, 0.3) is 0 Å². The highest BCUT2D eigenvalue weighted by Crippen LogP contribution is 2.23. The maximum Gasteiger partial charge on any atom is 0.193 e. The summed E-state index contributed by atoms with van der Waals surface area (Å²) >= 11 is 0. The summed E-state index contributed by atoms with van der Waals surface area (Å²) in [5, 5.41) is 3.55. The number of nitrogens with zero attached hydrogens (tertiary/aromatic N) is 2. The topological polar surface area (TPSA) is 27.6 Å². The molecular weight excluding hydrogens is 313 g/mol. The molecule has 0 atom stereocenters. The van der Waals surface area contributed by atoms with Gasteiger partial charge in [-0.15, -0.1) is 24.0 Å². The Hall–Kier alpha value is 0. The number of hydrogen-bond acceptors (Lipinski definition) is 1. The Morgan fingerprint density at radius 3 is 2.25 bits per heavy atom. The van der Waals surface area contributed by atoms with E-state index in [-0.39, 0.29) is 24.0 Å². The minimum Gasteiger partial charge on any atom is -0.354 e. The fourth-order valence-electron chi connectivity index (χ4n) is 2.05. The van der Waals surface area contributed by atoms with Gasteiger partial charge in [0.05, 0.1) is 0 Å². The molecule has 96 valence electrons. The second-order valence-electron chi connectivity index (χ2n) is 4.79. The summed E-state index contributed by atoms with van der Waals surface area (Å²) in [6.07, 6.45) is 5.28. The molecule has 0 radical (unpaired) electrons. The number of guanidine groups is 1. The molecule has 1 N–H and O–H groups in total. The molecule has 16 heavy (non-hydrogen) atoms. The van der Waals surface area contributed by atoms with Gasteiger partial charge < -0.3 is 10.2 Å². The molecule has 1 fully saturated rings. The quantitative estimate of drug-likeness (QED) is 0.476. The van der Waals surface area contributed by atoms with Crippen molar-refractivity contribution in [3.05, 3.63) is 0 Å². The summed E-state index contributed by atoms with van der Waals surface area (Å²) in [7, 11) is 4.10. The summed E-state index contributed by atoms with van der Waals surface area (Å²) in [6.45, 7) is 5.28. The summed E-state index contributed by atoms with van der Waals surface area (Å²) in [6, 6.07) is 0.633. The fraction of sp³-hybridized carbons (Fsp3) is 0.917. The monoisotopic (exact) mass is 339 g/mol. The lowest BCUT2D eigenvalue weighted by molar-refractivity contribution is 0.325. The second-order valence-corrected chi connectivity index (χ2v) is 4.79. The zero-order valence-electron chi connectivity index (χ0n) is 11.0. The van der Waals surface area contributed by atoms with Gasteiger partial charge >= 0.3 is 0 Å². The van der Waals surface area contributed by atoms with E-state index in [4.69, 9.17) is 0 Å². The minimum absolute atomic E-state index is 0. The van der Waals surface area contributed by atoms with E-state index < -0.39 is 0 Å². The van der Waals surface area contributed by atoms with Crippen molar-refractivity contribution in [1.82, 2.24) is 10.2 Å². The maximum atomic E-state index is 4.47. The van der Waals surface area contributed by atoms with E-state index in [9.17, 15) is 0 Å². The molecular formula is C12H26IN3. The molecule has 0 saturated heterocycles. The van der Waals surface area contributed by atoms with Gasteiger partial charge in [-0.2, -0.15) is 0 Å². The Morgan fingerprint density at radius 1 is 1.25 bits per heavy atom. The van der Waals surface area contributed by atoms with Gasteiger partial charge in [-0.3, -0.25) is 4.99 Å². The zero-order valence-corrected chi connectivity index (χ0v) is 13.3. The van der Waals surface area contributed by atoms with Crippen LogP contribution in [0.4, 0.5) is 0 Å². The standard InChI is InChI=1S/C12H25N3.HI/c1-5-13-12(15(3)4)14-11-8-6-10(2)7-9-11;/h10-11H,5-9H2,1-4H3,(H,13,14);1H. The molecule has 4 heteroatoms. The number of nitrogens with one attached hydrogen (secondary N) is 1. The normalized spacial score (nSPS) is 25.9. The van der Waals surface area contributed by atoms with Crippen LogP contribution in [0.1, 0.15) is 39.5 Å². The second kappa shape index (κ2) is 8.14. The molecule has 1 aliphatic carbocycles. The zero-order chi connectivity index (χ0) is 11.3. The number of rotatable bonds is 2. The van der Waals surface area contributed by atoms with Crippen LogP contribution in [0.3, 0.4) is 0 Å². The first kappa shape index (κ1) is 16.0. The Balaban J connectivity index is 0.00000225. The van der Waals surface area contributed by atoms with Crippen molar-refractivity contribution in [1.29, 1.82) is 0 Å². The van der Waals surface area contributed by atoms with Gasteiger partial charge in [0, 0.05) is 26.7 Å². The van der Waals surface area contributed by atoms with Gasteiger partial charge in [-0.1, -0.05) is 6.92 Å². The predicted octanol–water partition coefficient (Wildman–Crippen LogP) is 2.71. The maximum absolute atomic E-state index is 4.47. The smallest absolute Gasteiger partial charge is 0.193 e. The average Bonchev–Trinajstić information content (AvgIpc) is 2.20. The van der Waals surface area contributed by atoms with Crippen LogP contribution in [-0.4, -0.2) is 37.5 Å². The molecule has 1 rings (SSSR count). The lowest BCUT2D eigenvalue weighted by atomic mass is 9.87. The SMILES string of the molecule is CCN=C(NC1CCC(C)CC1)N(C)C.I. The fourth-order valence-corrected chi connectivity index (χ4v) is 2.05. The predicted molar refractivity (Wildman–Crippen MR) is 81.6 cm³/mol. The summed E-state index contributed by atoms with van der Waals surface area (Å²) in [4.78, 5) is 6.54.